The van der Waals surface area contributed by atoms with E-state index in [4.69, 9.17) is 9.29 Å². The number of carbonyl (C=O) groups excluding carboxylic acids is 2. The molecule has 0 aromatic heterocycles. The van der Waals surface area contributed by atoms with Gasteiger partial charge >= 0.3 is 5.97 Å². The number of nitrogens with one attached hydrogen (secondary N) is 1. The molecule has 0 unspecified atom stereocenters. The van der Waals surface area contributed by atoms with Gasteiger partial charge in [-0.25, -0.2) is 0 Å². The van der Waals surface area contributed by atoms with Crippen molar-refractivity contribution in [3.8, 4) is 0 Å². The first kappa shape index (κ1) is 28.8. The minimum atomic E-state index is -4.07. The highest BCUT2D eigenvalue weighted by Crippen LogP contribution is 2.68. The average Bonchev–Trinajstić information content (AvgIpc) is 3.14. The highest BCUT2D eigenvalue weighted by atomic mass is 32.2. The summed E-state index contributed by atoms with van der Waals surface area (Å²) in [4.78, 5) is 23.8. The number of ether oxygens (including phenoxy) is 1. The lowest BCUT2D eigenvalue weighted by atomic mass is 9.43. The number of carbonyl (C=O) groups is 2. The van der Waals surface area contributed by atoms with E-state index in [-0.39, 0.29) is 41.5 Å². The van der Waals surface area contributed by atoms with Crippen molar-refractivity contribution in [3.63, 3.8) is 0 Å². The van der Waals surface area contributed by atoms with Crippen LogP contribution in [0.5, 0.6) is 0 Å². The number of fused-ring (bicyclic) bond motifs is 5. The number of hydrogen-bond acceptors (Lipinski definition) is 6. The van der Waals surface area contributed by atoms with Crippen molar-refractivity contribution in [2.24, 2.45) is 46.3 Å². The normalized spacial score (nSPS) is 42.2. The molecule has 0 heterocycles. The second-order valence-electron chi connectivity index (χ2n) is 13.2. The number of esters is 1. The number of aliphatic hydroxyl groups excluding tert-OH is 1. The average molecular weight is 542 g/mol. The molecule has 4 rings (SSSR count). The number of aliphatic hydroxyl groups is 1. The van der Waals surface area contributed by atoms with Gasteiger partial charge in [0.1, 0.15) is 6.10 Å². The first-order chi connectivity index (χ1) is 17.2. The van der Waals surface area contributed by atoms with Gasteiger partial charge in [-0.15, -0.1) is 0 Å². The van der Waals surface area contributed by atoms with Crippen molar-refractivity contribution >= 4 is 22.0 Å². The standard InChI is InChI=1S/C28H47NO7S/c1-17(5-8-25(32)29-13-14-37(33,34)35)21-6-7-22-26-23(10-12-28(21,22)4)27(3)11-9-20(36-18(2)30)15-19(27)16-24(26)31/h17,19-24,26,31H,5-16H2,1-4H3,(H,29,32)(H,33,34,35)/t17-,19+,20-,21-,22+,23+,24+,26+,27+,28-/m1/s1. The Morgan fingerprint density at radius 3 is 2.41 bits per heavy atom. The highest BCUT2D eigenvalue weighted by Gasteiger charge is 2.63. The smallest absolute Gasteiger partial charge is 0.302 e. The Bertz CT molecular complexity index is 970. The first-order valence-electron chi connectivity index (χ1n) is 14.3. The molecular formula is C28H47NO7S. The Morgan fingerprint density at radius 2 is 1.73 bits per heavy atom. The molecule has 0 spiro atoms. The lowest BCUT2D eigenvalue weighted by Gasteiger charge is -2.62. The predicted octanol–water partition coefficient (Wildman–Crippen LogP) is 3.97. The van der Waals surface area contributed by atoms with Crippen LogP contribution in [0.1, 0.15) is 91.9 Å². The van der Waals surface area contributed by atoms with Crippen LogP contribution in [0, 0.1) is 46.3 Å². The molecule has 4 aliphatic carbocycles. The fraction of sp³-hybridized carbons (Fsp3) is 0.929. The molecule has 4 aliphatic rings. The van der Waals surface area contributed by atoms with Gasteiger partial charge in [-0.3, -0.25) is 14.1 Å². The summed E-state index contributed by atoms with van der Waals surface area (Å²) >= 11 is 0. The molecule has 9 heteroatoms. The molecular weight excluding hydrogens is 494 g/mol. The molecule has 4 fully saturated rings. The summed E-state index contributed by atoms with van der Waals surface area (Å²) in [5, 5.41) is 14.1. The summed E-state index contributed by atoms with van der Waals surface area (Å²) in [7, 11) is -4.07. The molecule has 212 valence electrons. The van der Waals surface area contributed by atoms with E-state index in [0.29, 0.717) is 41.9 Å². The van der Waals surface area contributed by atoms with Crippen molar-refractivity contribution in [3.05, 3.63) is 0 Å². The molecule has 3 N–H and O–H groups in total. The molecule has 0 bridgehead atoms. The number of rotatable bonds is 8. The Labute approximate surface area is 222 Å². The SMILES string of the molecule is CC(=O)O[C@@H]1CC[C@@]2(C)[C@@H](C1)C[C@H](O)[C@@H]1[C@@H]2CC[C@]2(C)[C@@H]([C@H](C)CCC(=O)NCCS(=O)(=O)O)CC[C@@H]12. The maximum Gasteiger partial charge on any atom is 0.302 e. The van der Waals surface area contributed by atoms with Crippen LogP contribution >= 0.6 is 0 Å². The van der Waals surface area contributed by atoms with Crippen molar-refractivity contribution in [1.29, 1.82) is 0 Å². The van der Waals surface area contributed by atoms with Crippen molar-refractivity contribution in [1.82, 2.24) is 5.32 Å². The van der Waals surface area contributed by atoms with Gasteiger partial charge in [0.2, 0.25) is 5.91 Å². The lowest BCUT2D eigenvalue weighted by molar-refractivity contribution is -0.182. The van der Waals surface area contributed by atoms with Gasteiger partial charge < -0.3 is 15.2 Å². The summed E-state index contributed by atoms with van der Waals surface area (Å²) in [5.41, 5.74) is 0.340. The van der Waals surface area contributed by atoms with Crippen LogP contribution in [-0.2, 0) is 24.4 Å². The topological polar surface area (TPSA) is 130 Å². The maximum absolute atomic E-state index is 12.2. The van der Waals surface area contributed by atoms with Crippen LogP contribution in [0.3, 0.4) is 0 Å². The van der Waals surface area contributed by atoms with Crippen molar-refractivity contribution < 1.29 is 32.4 Å². The highest BCUT2D eigenvalue weighted by molar-refractivity contribution is 7.85. The van der Waals surface area contributed by atoms with Gasteiger partial charge in [0.25, 0.3) is 10.1 Å². The molecule has 37 heavy (non-hydrogen) atoms. The largest absolute Gasteiger partial charge is 0.463 e. The van der Waals surface area contributed by atoms with E-state index < -0.39 is 15.9 Å². The van der Waals surface area contributed by atoms with Gasteiger partial charge in [-0.2, -0.15) is 8.42 Å². The molecule has 0 aliphatic heterocycles. The minimum Gasteiger partial charge on any atom is -0.463 e. The number of hydrogen-bond donors (Lipinski definition) is 3. The maximum atomic E-state index is 12.2. The van der Waals surface area contributed by atoms with Crippen LogP contribution in [0.25, 0.3) is 0 Å². The second-order valence-corrected chi connectivity index (χ2v) is 14.8. The van der Waals surface area contributed by atoms with E-state index in [1.807, 2.05) is 0 Å². The van der Waals surface area contributed by atoms with Gasteiger partial charge in [-0.05, 0) is 104 Å². The molecule has 0 radical (unpaired) electrons. The molecule has 10 atom stereocenters. The minimum absolute atomic E-state index is 0.0184. The third-order valence-corrected chi connectivity index (χ3v) is 12.0. The summed E-state index contributed by atoms with van der Waals surface area (Å²) < 4.78 is 36.1. The third kappa shape index (κ3) is 5.88. The summed E-state index contributed by atoms with van der Waals surface area (Å²) in [6, 6.07) is 0. The third-order valence-electron chi connectivity index (χ3n) is 11.2. The zero-order valence-corrected chi connectivity index (χ0v) is 23.8. The first-order valence-corrected chi connectivity index (χ1v) is 15.9. The predicted molar refractivity (Wildman–Crippen MR) is 140 cm³/mol. The van der Waals surface area contributed by atoms with E-state index in [1.54, 1.807) is 0 Å². The summed E-state index contributed by atoms with van der Waals surface area (Å²) in [5.74, 6) is 1.70. The number of amides is 1. The Morgan fingerprint density at radius 1 is 1.05 bits per heavy atom. The van der Waals surface area contributed by atoms with E-state index in [9.17, 15) is 23.1 Å². The Hall–Kier alpha value is -1.19. The van der Waals surface area contributed by atoms with Crippen molar-refractivity contribution in [2.45, 2.75) is 104 Å². The van der Waals surface area contributed by atoms with Crippen molar-refractivity contribution in [2.75, 3.05) is 12.3 Å². The zero-order valence-electron chi connectivity index (χ0n) is 22.9. The molecule has 1 amide bonds. The second kappa shape index (κ2) is 10.8. The van der Waals surface area contributed by atoms with Crippen LogP contribution in [0.4, 0.5) is 0 Å². The van der Waals surface area contributed by atoms with Gasteiger partial charge in [0.15, 0.2) is 0 Å². The van der Waals surface area contributed by atoms with Crippen LogP contribution < -0.4 is 5.32 Å². The Balaban J connectivity index is 1.38. The van der Waals surface area contributed by atoms with Gasteiger partial charge in [0, 0.05) is 19.9 Å². The molecule has 8 nitrogen and oxygen atoms in total. The summed E-state index contributed by atoms with van der Waals surface area (Å²) in [6.45, 7) is 8.50. The van der Waals surface area contributed by atoms with Gasteiger partial charge in [-0.1, -0.05) is 20.8 Å². The lowest BCUT2D eigenvalue weighted by Crippen LogP contribution is -2.58. The zero-order chi connectivity index (χ0) is 27.2. The fourth-order valence-electron chi connectivity index (χ4n) is 9.47. The Kier molecular flexibility index (Phi) is 8.38. The molecule has 0 aromatic rings. The molecule has 0 aromatic carbocycles. The molecule has 0 saturated heterocycles. The van der Waals surface area contributed by atoms with Crippen LogP contribution in [0.2, 0.25) is 0 Å². The van der Waals surface area contributed by atoms with E-state index >= 15 is 0 Å². The van der Waals surface area contributed by atoms with E-state index in [0.717, 1.165) is 57.8 Å². The fourth-order valence-corrected chi connectivity index (χ4v) is 9.83. The van der Waals surface area contributed by atoms with E-state index in [2.05, 4.69) is 26.1 Å². The van der Waals surface area contributed by atoms with Crippen LogP contribution in [-0.4, -0.2) is 54.5 Å². The quantitative estimate of drug-likeness (QED) is 0.313. The summed E-state index contributed by atoms with van der Waals surface area (Å²) in [6.07, 6.45) is 8.92. The molecule has 4 saturated carbocycles. The van der Waals surface area contributed by atoms with E-state index in [1.165, 1.54) is 6.92 Å². The van der Waals surface area contributed by atoms with Crippen LogP contribution in [0.15, 0.2) is 0 Å². The van der Waals surface area contributed by atoms with Gasteiger partial charge in [0.05, 0.1) is 11.9 Å². The monoisotopic (exact) mass is 541 g/mol.